The Balaban J connectivity index is 1.93. The molecule has 3 atom stereocenters. The molecular weight excluding hydrogens is 220 g/mol. The SMILES string of the molecule is C[C@H]1Nc2cccnc2[C@H]2c3ccccc3C[C@H]21. The fourth-order valence-electron chi connectivity index (χ4n) is 3.58. The van der Waals surface area contributed by atoms with Gasteiger partial charge in [-0.2, -0.15) is 0 Å². The molecule has 0 unspecified atom stereocenters. The molecule has 0 fully saturated rings. The summed E-state index contributed by atoms with van der Waals surface area (Å²) in [5, 5.41) is 3.60. The van der Waals surface area contributed by atoms with E-state index in [0.717, 1.165) is 0 Å². The number of aromatic nitrogens is 1. The van der Waals surface area contributed by atoms with Crippen LogP contribution in [0, 0.1) is 5.92 Å². The highest BCUT2D eigenvalue weighted by molar-refractivity contribution is 5.58. The van der Waals surface area contributed by atoms with Gasteiger partial charge in [-0.1, -0.05) is 24.3 Å². The lowest BCUT2D eigenvalue weighted by atomic mass is 9.81. The molecule has 0 spiro atoms. The summed E-state index contributed by atoms with van der Waals surface area (Å²) in [6.07, 6.45) is 3.08. The summed E-state index contributed by atoms with van der Waals surface area (Å²) >= 11 is 0. The summed E-state index contributed by atoms with van der Waals surface area (Å²) < 4.78 is 0. The van der Waals surface area contributed by atoms with Gasteiger partial charge in [0.2, 0.25) is 0 Å². The van der Waals surface area contributed by atoms with Crippen molar-refractivity contribution in [3.8, 4) is 0 Å². The van der Waals surface area contributed by atoms with E-state index in [2.05, 4.69) is 47.6 Å². The zero-order chi connectivity index (χ0) is 12.1. The van der Waals surface area contributed by atoms with Gasteiger partial charge in [-0.15, -0.1) is 0 Å². The summed E-state index contributed by atoms with van der Waals surface area (Å²) in [5.41, 5.74) is 5.42. The number of rotatable bonds is 0. The first-order chi connectivity index (χ1) is 8.84. The fraction of sp³-hybridized carbons (Fsp3) is 0.312. The number of fused-ring (bicyclic) bond motifs is 5. The molecule has 2 heteroatoms. The van der Waals surface area contributed by atoms with Gasteiger partial charge in [0.25, 0.3) is 0 Å². The minimum absolute atomic E-state index is 0.480. The quantitative estimate of drug-likeness (QED) is 0.759. The highest BCUT2D eigenvalue weighted by atomic mass is 15.0. The van der Waals surface area contributed by atoms with E-state index in [-0.39, 0.29) is 0 Å². The number of nitrogens with one attached hydrogen (secondary N) is 1. The second-order valence-corrected chi connectivity index (χ2v) is 5.41. The zero-order valence-corrected chi connectivity index (χ0v) is 10.4. The molecule has 0 amide bonds. The van der Waals surface area contributed by atoms with Gasteiger partial charge in [-0.05, 0) is 42.5 Å². The van der Waals surface area contributed by atoms with Crippen molar-refractivity contribution in [2.45, 2.75) is 25.3 Å². The summed E-state index contributed by atoms with van der Waals surface area (Å²) in [6, 6.07) is 13.5. The van der Waals surface area contributed by atoms with E-state index in [9.17, 15) is 0 Å². The van der Waals surface area contributed by atoms with Crippen LogP contribution in [0.1, 0.15) is 29.7 Å². The standard InChI is InChI=1S/C16H16N2/c1-10-13-9-11-5-2-3-6-12(11)15(13)16-14(18-10)7-4-8-17-16/h2-8,10,13,15,18H,9H2,1H3/t10-,13+,15+/m1/s1. The van der Waals surface area contributed by atoms with E-state index < -0.39 is 0 Å². The van der Waals surface area contributed by atoms with Crippen LogP contribution in [0.3, 0.4) is 0 Å². The lowest BCUT2D eigenvalue weighted by molar-refractivity contribution is 0.425. The minimum atomic E-state index is 0.480. The Bertz CT molecular complexity index is 606. The van der Waals surface area contributed by atoms with E-state index in [1.807, 2.05) is 12.3 Å². The van der Waals surface area contributed by atoms with E-state index in [1.165, 1.54) is 28.9 Å². The van der Waals surface area contributed by atoms with Crippen molar-refractivity contribution in [3.63, 3.8) is 0 Å². The van der Waals surface area contributed by atoms with Gasteiger partial charge in [0.15, 0.2) is 0 Å². The van der Waals surface area contributed by atoms with Crippen LogP contribution < -0.4 is 5.32 Å². The summed E-state index contributed by atoms with van der Waals surface area (Å²) in [6.45, 7) is 2.29. The molecule has 1 aromatic carbocycles. The van der Waals surface area contributed by atoms with Crippen LogP contribution in [-0.4, -0.2) is 11.0 Å². The maximum absolute atomic E-state index is 4.63. The molecule has 0 saturated heterocycles. The molecule has 1 aliphatic carbocycles. The number of anilines is 1. The maximum atomic E-state index is 4.63. The summed E-state index contributed by atoms with van der Waals surface area (Å²) in [5.74, 6) is 1.12. The lowest BCUT2D eigenvalue weighted by Gasteiger charge is -2.34. The van der Waals surface area contributed by atoms with Gasteiger partial charge < -0.3 is 5.32 Å². The topological polar surface area (TPSA) is 24.9 Å². The molecule has 1 aliphatic heterocycles. The van der Waals surface area contributed by atoms with Gasteiger partial charge in [-0.25, -0.2) is 0 Å². The van der Waals surface area contributed by atoms with Gasteiger partial charge >= 0.3 is 0 Å². The van der Waals surface area contributed by atoms with Crippen molar-refractivity contribution in [1.82, 2.24) is 4.98 Å². The second kappa shape index (κ2) is 3.58. The van der Waals surface area contributed by atoms with Crippen molar-refractivity contribution in [1.29, 1.82) is 0 Å². The fourth-order valence-corrected chi connectivity index (χ4v) is 3.58. The molecular formula is C16H16N2. The molecule has 4 rings (SSSR count). The number of nitrogens with zero attached hydrogens (tertiary/aromatic N) is 1. The molecule has 0 saturated carbocycles. The molecule has 2 nitrogen and oxygen atoms in total. The summed E-state index contributed by atoms with van der Waals surface area (Å²) in [4.78, 5) is 4.63. The van der Waals surface area contributed by atoms with Crippen LogP contribution in [-0.2, 0) is 6.42 Å². The molecule has 18 heavy (non-hydrogen) atoms. The molecule has 0 radical (unpaired) electrons. The van der Waals surface area contributed by atoms with Gasteiger partial charge in [0.05, 0.1) is 11.4 Å². The van der Waals surface area contributed by atoms with Crippen molar-refractivity contribution in [2.75, 3.05) is 5.32 Å². The van der Waals surface area contributed by atoms with E-state index in [0.29, 0.717) is 17.9 Å². The largest absolute Gasteiger partial charge is 0.381 e. The van der Waals surface area contributed by atoms with E-state index >= 15 is 0 Å². The minimum Gasteiger partial charge on any atom is -0.381 e. The Hall–Kier alpha value is -1.83. The average Bonchev–Trinajstić information content (AvgIpc) is 2.79. The van der Waals surface area contributed by atoms with Crippen molar-refractivity contribution >= 4 is 5.69 Å². The average molecular weight is 236 g/mol. The Kier molecular flexibility index (Phi) is 2.01. The molecule has 90 valence electrons. The highest BCUT2D eigenvalue weighted by Gasteiger charge is 2.41. The van der Waals surface area contributed by atoms with Gasteiger partial charge in [0.1, 0.15) is 0 Å². The third-order valence-electron chi connectivity index (χ3n) is 4.43. The van der Waals surface area contributed by atoms with Crippen LogP contribution >= 0.6 is 0 Å². The Morgan fingerprint density at radius 3 is 3.00 bits per heavy atom. The predicted octanol–water partition coefficient (Wildman–Crippen LogP) is 3.20. The van der Waals surface area contributed by atoms with Crippen LogP contribution in [0.15, 0.2) is 42.6 Å². The van der Waals surface area contributed by atoms with Crippen molar-refractivity contribution in [3.05, 3.63) is 59.4 Å². The number of hydrogen-bond donors (Lipinski definition) is 1. The molecule has 0 bridgehead atoms. The van der Waals surface area contributed by atoms with E-state index in [4.69, 9.17) is 0 Å². The smallest absolute Gasteiger partial charge is 0.0713 e. The zero-order valence-electron chi connectivity index (χ0n) is 10.4. The van der Waals surface area contributed by atoms with Crippen LogP contribution in [0.2, 0.25) is 0 Å². The Morgan fingerprint density at radius 2 is 2.06 bits per heavy atom. The number of hydrogen-bond acceptors (Lipinski definition) is 2. The number of benzene rings is 1. The molecule has 1 aromatic heterocycles. The predicted molar refractivity (Wildman–Crippen MR) is 72.8 cm³/mol. The third kappa shape index (κ3) is 1.26. The Morgan fingerprint density at radius 1 is 1.17 bits per heavy atom. The van der Waals surface area contributed by atoms with Crippen LogP contribution in [0.4, 0.5) is 5.69 Å². The maximum Gasteiger partial charge on any atom is 0.0713 e. The first-order valence-corrected chi connectivity index (χ1v) is 6.64. The third-order valence-corrected chi connectivity index (χ3v) is 4.43. The molecule has 2 aliphatic rings. The normalized spacial score (nSPS) is 27.9. The van der Waals surface area contributed by atoms with Crippen LogP contribution in [0.25, 0.3) is 0 Å². The molecule has 1 N–H and O–H groups in total. The van der Waals surface area contributed by atoms with Gasteiger partial charge in [-0.3, -0.25) is 4.98 Å². The first-order valence-electron chi connectivity index (χ1n) is 6.64. The Labute approximate surface area is 107 Å². The summed E-state index contributed by atoms with van der Waals surface area (Å²) in [7, 11) is 0. The van der Waals surface area contributed by atoms with Crippen LogP contribution in [0.5, 0.6) is 0 Å². The second-order valence-electron chi connectivity index (χ2n) is 5.41. The first kappa shape index (κ1) is 10.1. The van der Waals surface area contributed by atoms with Crippen molar-refractivity contribution < 1.29 is 0 Å². The van der Waals surface area contributed by atoms with Crippen molar-refractivity contribution in [2.24, 2.45) is 5.92 Å². The lowest BCUT2D eigenvalue weighted by Crippen LogP contribution is -2.35. The molecule has 2 heterocycles. The highest BCUT2D eigenvalue weighted by Crippen LogP contribution is 2.48. The molecule has 2 aromatic rings. The monoisotopic (exact) mass is 236 g/mol. The van der Waals surface area contributed by atoms with E-state index in [1.54, 1.807) is 0 Å². The number of pyridine rings is 1. The van der Waals surface area contributed by atoms with Gasteiger partial charge in [0, 0.05) is 18.2 Å².